The Bertz CT molecular complexity index is 1020. The van der Waals surface area contributed by atoms with Gasteiger partial charge in [-0.2, -0.15) is 0 Å². The van der Waals surface area contributed by atoms with E-state index in [0.717, 1.165) is 45.0 Å². The largest absolute Gasteiger partial charge is 0.354 e. The first-order valence-electron chi connectivity index (χ1n) is 11.2. The zero-order valence-electron chi connectivity index (χ0n) is 18.6. The van der Waals surface area contributed by atoms with Crippen LogP contribution in [0.3, 0.4) is 0 Å². The first-order chi connectivity index (χ1) is 14.2. The van der Waals surface area contributed by atoms with Crippen molar-refractivity contribution in [2.45, 2.75) is 46.1 Å². The van der Waals surface area contributed by atoms with Gasteiger partial charge in [0.1, 0.15) is 5.82 Å². The average Bonchev–Trinajstić information content (AvgIpc) is 2.88. The van der Waals surface area contributed by atoms with Crippen molar-refractivity contribution in [3.05, 3.63) is 58.9 Å². The molecule has 2 aromatic heterocycles. The van der Waals surface area contributed by atoms with E-state index < -0.39 is 0 Å². The number of hydrogen-bond donors (Lipinski definition) is 0. The van der Waals surface area contributed by atoms with Crippen LogP contribution in [0.5, 0.6) is 0 Å². The van der Waals surface area contributed by atoms with E-state index in [0.29, 0.717) is 0 Å². The summed E-state index contributed by atoms with van der Waals surface area (Å²) in [7, 11) is 0. The number of halogens is 2. The Morgan fingerprint density at radius 3 is 2.52 bits per heavy atom. The lowest BCUT2D eigenvalue weighted by Gasteiger charge is -2.35. The molecule has 168 valence electrons. The molecule has 0 amide bonds. The van der Waals surface area contributed by atoms with Gasteiger partial charge in [0.05, 0.1) is 5.52 Å². The van der Waals surface area contributed by atoms with Crippen molar-refractivity contribution in [3.8, 4) is 0 Å². The van der Waals surface area contributed by atoms with Crippen molar-refractivity contribution >= 4 is 41.5 Å². The molecule has 0 unspecified atom stereocenters. The Morgan fingerprint density at radius 2 is 1.74 bits per heavy atom. The Morgan fingerprint density at radius 1 is 0.935 bits per heavy atom. The quantitative estimate of drug-likeness (QED) is 0.534. The zero-order chi connectivity index (χ0) is 19.8. The molecular formula is C25H34Cl2N4. The van der Waals surface area contributed by atoms with Gasteiger partial charge in [-0.15, -0.1) is 24.8 Å². The summed E-state index contributed by atoms with van der Waals surface area (Å²) in [5.74, 6) is 1.13. The number of pyridine rings is 1. The minimum absolute atomic E-state index is 0. The molecule has 6 heteroatoms. The first kappa shape index (κ1) is 23.9. The molecule has 4 heterocycles. The van der Waals surface area contributed by atoms with Gasteiger partial charge in [-0.25, -0.2) is 4.98 Å². The van der Waals surface area contributed by atoms with E-state index in [2.05, 4.69) is 63.5 Å². The number of hydrogen-bond acceptors (Lipinski definition) is 3. The number of aryl methyl sites for hydroxylation is 3. The monoisotopic (exact) mass is 460 g/mol. The highest BCUT2D eigenvalue weighted by Crippen LogP contribution is 2.32. The Hall–Kier alpha value is -1.75. The van der Waals surface area contributed by atoms with E-state index in [1.54, 1.807) is 11.1 Å². The molecule has 1 fully saturated rings. The number of nitrogens with zero attached hydrogens (tertiary/aromatic N) is 4. The van der Waals surface area contributed by atoms with Crippen LogP contribution >= 0.6 is 24.8 Å². The maximum atomic E-state index is 4.57. The highest BCUT2D eigenvalue weighted by molar-refractivity contribution is 5.88. The molecule has 5 rings (SSSR count). The topological polar surface area (TPSA) is 24.3 Å². The molecule has 1 aromatic carbocycles. The summed E-state index contributed by atoms with van der Waals surface area (Å²) in [6.45, 7) is 11.2. The summed E-state index contributed by atoms with van der Waals surface area (Å²) in [6.07, 6.45) is 6.93. The molecule has 0 spiro atoms. The standard InChI is InChI=1S/C25H32N4.2ClH/c1-19-9-11-26-24(18-19)28-16-14-27(15-17-28)13-10-22-20(2)29-12-4-3-6-21-7-5-8-23(22)25(21)29;;/h5,7-9,11,18H,3-4,6,10,12-17H2,1-2H3;2*1H. The minimum Gasteiger partial charge on any atom is -0.354 e. The molecule has 2 aliphatic heterocycles. The second kappa shape index (κ2) is 10.2. The second-order valence-corrected chi connectivity index (χ2v) is 8.76. The fraction of sp³-hybridized carbons (Fsp3) is 0.480. The van der Waals surface area contributed by atoms with Crippen molar-refractivity contribution in [2.24, 2.45) is 0 Å². The normalized spacial score (nSPS) is 16.5. The smallest absolute Gasteiger partial charge is 0.128 e. The van der Waals surface area contributed by atoms with E-state index in [1.165, 1.54) is 48.0 Å². The lowest BCUT2D eigenvalue weighted by molar-refractivity contribution is 0.260. The van der Waals surface area contributed by atoms with Crippen LogP contribution in [0.4, 0.5) is 5.82 Å². The Kier molecular flexibility index (Phi) is 7.90. The zero-order valence-corrected chi connectivity index (χ0v) is 20.3. The second-order valence-electron chi connectivity index (χ2n) is 8.76. The number of piperazine rings is 1. The molecule has 0 atom stereocenters. The third kappa shape index (κ3) is 4.72. The molecule has 3 aromatic rings. The molecule has 0 aliphatic carbocycles. The number of para-hydroxylation sites is 1. The molecular weight excluding hydrogens is 427 g/mol. The van der Waals surface area contributed by atoms with Crippen LogP contribution in [0.15, 0.2) is 36.5 Å². The molecule has 0 N–H and O–H groups in total. The van der Waals surface area contributed by atoms with Crippen LogP contribution in [0, 0.1) is 13.8 Å². The van der Waals surface area contributed by atoms with Crippen LogP contribution in [-0.2, 0) is 19.4 Å². The van der Waals surface area contributed by atoms with Crippen molar-refractivity contribution in [1.82, 2.24) is 14.5 Å². The molecule has 0 saturated carbocycles. The number of aromatic nitrogens is 2. The highest BCUT2D eigenvalue weighted by atomic mass is 35.5. The van der Waals surface area contributed by atoms with Gasteiger partial charge in [-0.05, 0) is 68.4 Å². The van der Waals surface area contributed by atoms with Gasteiger partial charge in [-0.1, -0.05) is 18.2 Å². The van der Waals surface area contributed by atoms with Crippen molar-refractivity contribution in [3.63, 3.8) is 0 Å². The molecule has 1 saturated heterocycles. The molecule has 2 aliphatic rings. The number of rotatable bonds is 4. The van der Waals surface area contributed by atoms with E-state index >= 15 is 0 Å². The average molecular weight is 461 g/mol. The van der Waals surface area contributed by atoms with Crippen LogP contribution in [-0.4, -0.2) is 47.2 Å². The maximum Gasteiger partial charge on any atom is 0.128 e. The lowest BCUT2D eigenvalue weighted by Crippen LogP contribution is -2.47. The van der Waals surface area contributed by atoms with Crippen LogP contribution in [0.25, 0.3) is 10.9 Å². The van der Waals surface area contributed by atoms with Crippen LogP contribution in [0.2, 0.25) is 0 Å². The predicted octanol–water partition coefficient (Wildman–Crippen LogP) is 5.20. The van der Waals surface area contributed by atoms with E-state index in [9.17, 15) is 0 Å². The first-order valence-corrected chi connectivity index (χ1v) is 11.2. The van der Waals surface area contributed by atoms with E-state index in [4.69, 9.17) is 0 Å². The summed E-state index contributed by atoms with van der Waals surface area (Å²) < 4.78 is 2.61. The fourth-order valence-electron chi connectivity index (χ4n) is 5.22. The molecule has 31 heavy (non-hydrogen) atoms. The third-order valence-corrected chi connectivity index (χ3v) is 6.91. The van der Waals surface area contributed by atoms with Gasteiger partial charge in [0.25, 0.3) is 0 Å². The SMILES string of the molecule is Cc1ccnc(N2CCN(CCc3c(C)n4c5c(cccc35)CCCC4)CC2)c1.Cl.Cl. The van der Waals surface area contributed by atoms with Crippen LogP contribution in [0.1, 0.15) is 35.2 Å². The summed E-state index contributed by atoms with van der Waals surface area (Å²) in [5.41, 5.74) is 7.43. The van der Waals surface area contributed by atoms with Crippen molar-refractivity contribution < 1.29 is 0 Å². The Labute approximate surface area is 198 Å². The lowest BCUT2D eigenvalue weighted by atomic mass is 10.0. The Balaban J connectivity index is 0.00000136. The van der Waals surface area contributed by atoms with Gasteiger partial charge in [0.2, 0.25) is 0 Å². The molecule has 0 radical (unpaired) electrons. The van der Waals surface area contributed by atoms with Crippen molar-refractivity contribution in [1.29, 1.82) is 0 Å². The highest BCUT2D eigenvalue weighted by Gasteiger charge is 2.21. The fourth-order valence-corrected chi connectivity index (χ4v) is 5.22. The number of anilines is 1. The van der Waals surface area contributed by atoms with Gasteiger partial charge in [0, 0.05) is 56.5 Å². The summed E-state index contributed by atoms with van der Waals surface area (Å²) >= 11 is 0. The molecule has 4 nitrogen and oxygen atoms in total. The summed E-state index contributed by atoms with van der Waals surface area (Å²) in [4.78, 5) is 9.63. The molecule has 0 bridgehead atoms. The third-order valence-electron chi connectivity index (χ3n) is 6.91. The predicted molar refractivity (Wildman–Crippen MR) is 135 cm³/mol. The van der Waals surface area contributed by atoms with Gasteiger partial charge >= 0.3 is 0 Å². The van der Waals surface area contributed by atoms with Gasteiger partial charge < -0.3 is 9.47 Å². The number of benzene rings is 1. The van der Waals surface area contributed by atoms with Crippen molar-refractivity contribution in [2.75, 3.05) is 37.6 Å². The van der Waals surface area contributed by atoms with Gasteiger partial charge in [-0.3, -0.25) is 4.90 Å². The van der Waals surface area contributed by atoms with Crippen LogP contribution < -0.4 is 4.90 Å². The van der Waals surface area contributed by atoms with E-state index in [1.807, 2.05) is 6.20 Å². The summed E-state index contributed by atoms with van der Waals surface area (Å²) in [5, 5.41) is 1.50. The minimum atomic E-state index is 0. The van der Waals surface area contributed by atoms with Gasteiger partial charge in [0.15, 0.2) is 0 Å². The summed E-state index contributed by atoms with van der Waals surface area (Å²) in [6, 6.07) is 11.2. The maximum absolute atomic E-state index is 4.57. The van der Waals surface area contributed by atoms with E-state index in [-0.39, 0.29) is 24.8 Å².